The topological polar surface area (TPSA) is 57.5 Å². The van der Waals surface area contributed by atoms with E-state index in [1.807, 2.05) is 6.08 Å². The molecule has 90 valence electrons. The normalized spacial score (nSPS) is 30.1. The van der Waals surface area contributed by atoms with E-state index in [1.165, 1.54) is 6.92 Å². The summed E-state index contributed by atoms with van der Waals surface area (Å²) in [6.07, 6.45) is 6.02. The maximum absolute atomic E-state index is 11.1. The second kappa shape index (κ2) is 4.06. The second-order valence-corrected chi connectivity index (χ2v) is 5.23. The molecular weight excluding hydrogens is 204 g/mol. The third-order valence-electron chi connectivity index (χ3n) is 3.51. The van der Waals surface area contributed by atoms with Gasteiger partial charge in [-0.1, -0.05) is 39.0 Å². The Labute approximate surface area is 96.5 Å². The van der Waals surface area contributed by atoms with Gasteiger partial charge in [-0.05, 0) is 24.3 Å². The van der Waals surface area contributed by atoms with Gasteiger partial charge in [0.15, 0.2) is 0 Å². The Kier molecular flexibility index (Phi) is 3.29. The van der Waals surface area contributed by atoms with E-state index in [-0.39, 0.29) is 5.41 Å². The summed E-state index contributed by atoms with van der Waals surface area (Å²) in [4.78, 5) is 11.1. The van der Waals surface area contributed by atoms with Gasteiger partial charge in [0.2, 0.25) is 0 Å². The third kappa shape index (κ3) is 2.35. The number of carboxylic acid groups (broad SMARTS) is 1. The standard InChI is InChI=1S/C13H20O3/c1-5-12(2,3)9-6-7-13(4,16)10(8-9)11(14)15/h6-8,10,16H,5H2,1-4H3,(H,14,15). The highest BCUT2D eigenvalue weighted by atomic mass is 16.4. The molecule has 0 fully saturated rings. The average molecular weight is 224 g/mol. The third-order valence-corrected chi connectivity index (χ3v) is 3.51. The lowest BCUT2D eigenvalue weighted by Gasteiger charge is -2.33. The van der Waals surface area contributed by atoms with Gasteiger partial charge in [-0.25, -0.2) is 0 Å². The summed E-state index contributed by atoms with van der Waals surface area (Å²) < 4.78 is 0. The lowest BCUT2D eigenvalue weighted by atomic mass is 9.74. The van der Waals surface area contributed by atoms with Crippen LogP contribution in [0.5, 0.6) is 0 Å². The molecule has 2 unspecified atom stereocenters. The van der Waals surface area contributed by atoms with E-state index in [2.05, 4.69) is 20.8 Å². The number of aliphatic hydroxyl groups is 1. The Morgan fingerprint density at radius 3 is 2.56 bits per heavy atom. The second-order valence-electron chi connectivity index (χ2n) is 5.23. The van der Waals surface area contributed by atoms with Crippen LogP contribution >= 0.6 is 0 Å². The van der Waals surface area contributed by atoms with Crippen LogP contribution in [0, 0.1) is 11.3 Å². The molecule has 0 aromatic carbocycles. The fraction of sp³-hybridized carbons (Fsp3) is 0.615. The van der Waals surface area contributed by atoms with E-state index >= 15 is 0 Å². The molecule has 0 spiro atoms. The molecular formula is C13H20O3. The van der Waals surface area contributed by atoms with Crippen LogP contribution in [0.15, 0.2) is 23.8 Å². The summed E-state index contributed by atoms with van der Waals surface area (Å²) in [5.74, 6) is -1.85. The molecule has 0 aliphatic heterocycles. The van der Waals surface area contributed by atoms with Gasteiger partial charge in [-0.15, -0.1) is 0 Å². The maximum atomic E-state index is 11.1. The molecule has 3 nitrogen and oxygen atoms in total. The maximum Gasteiger partial charge on any atom is 0.313 e. The van der Waals surface area contributed by atoms with E-state index in [1.54, 1.807) is 12.2 Å². The average Bonchev–Trinajstić information content (AvgIpc) is 2.16. The van der Waals surface area contributed by atoms with Crippen molar-refractivity contribution in [2.24, 2.45) is 11.3 Å². The van der Waals surface area contributed by atoms with Gasteiger partial charge in [0, 0.05) is 0 Å². The Hall–Kier alpha value is -1.09. The highest BCUT2D eigenvalue weighted by Gasteiger charge is 2.38. The van der Waals surface area contributed by atoms with Crippen molar-refractivity contribution >= 4 is 5.97 Å². The molecule has 0 bridgehead atoms. The van der Waals surface area contributed by atoms with Crippen molar-refractivity contribution in [2.45, 2.75) is 39.7 Å². The highest BCUT2D eigenvalue weighted by molar-refractivity contribution is 5.75. The molecule has 0 heterocycles. The molecule has 0 saturated heterocycles. The lowest BCUT2D eigenvalue weighted by molar-refractivity contribution is -0.145. The van der Waals surface area contributed by atoms with Gasteiger partial charge in [0.25, 0.3) is 0 Å². The quantitative estimate of drug-likeness (QED) is 0.773. The fourth-order valence-electron chi connectivity index (χ4n) is 1.74. The first-order chi connectivity index (χ1) is 7.20. The summed E-state index contributed by atoms with van der Waals surface area (Å²) in [6, 6.07) is 0. The monoisotopic (exact) mass is 224 g/mol. The minimum atomic E-state index is -1.29. The van der Waals surface area contributed by atoms with Crippen molar-refractivity contribution in [3.8, 4) is 0 Å². The smallest absolute Gasteiger partial charge is 0.313 e. The Balaban J connectivity index is 3.10. The molecule has 2 atom stereocenters. The fourth-order valence-corrected chi connectivity index (χ4v) is 1.74. The van der Waals surface area contributed by atoms with Crippen molar-refractivity contribution in [1.29, 1.82) is 0 Å². The van der Waals surface area contributed by atoms with E-state index in [0.29, 0.717) is 0 Å². The number of hydrogen-bond acceptors (Lipinski definition) is 2. The van der Waals surface area contributed by atoms with Gasteiger partial charge in [0.1, 0.15) is 5.92 Å². The molecule has 1 aliphatic carbocycles. The van der Waals surface area contributed by atoms with Gasteiger partial charge >= 0.3 is 5.97 Å². The van der Waals surface area contributed by atoms with Gasteiger partial charge in [-0.2, -0.15) is 0 Å². The molecule has 16 heavy (non-hydrogen) atoms. The summed E-state index contributed by atoms with van der Waals surface area (Å²) in [5.41, 5.74) is -0.367. The molecule has 0 radical (unpaired) electrons. The van der Waals surface area contributed by atoms with Crippen LogP contribution in [0.3, 0.4) is 0 Å². The van der Waals surface area contributed by atoms with Crippen LogP contribution in [-0.4, -0.2) is 21.8 Å². The van der Waals surface area contributed by atoms with Crippen LogP contribution in [0.4, 0.5) is 0 Å². The zero-order valence-electron chi connectivity index (χ0n) is 10.3. The van der Waals surface area contributed by atoms with E-state index in [0.717, 1.165) is 12.0 Å². The van der Waals surface area contributed by atoms with Crippen LogP contribution in [0.25, 0.3) is 0 Å². The molecule has 2 N–H and O–H groups in total. The number of carboxylic acids is 1. The number of hydrogen-bond donors (Lipinski definition) is 2. The lowest BCUT2D eigenvalue weighted by Crippen LogP contribution is -2.39. The number of aliphatic carboxylic acids is 1. The zero-order valence-corrected chi connectivity index (χ0v) is 10.3. The zero-order chi connectivity index (χ0) is 12.6. The van der Waals surface area contributed by atoms with Crippen molar-refractivity contribution < 1.29 is 15.0 Å². The number of rotatable bonds is 3. The van der Waals surface area contributed by atoms with E-state index in [4.69, 9.17) is 5.11 Å². The van der Waals surface area contributed by atoms with Crippen molar-refractivity contribution in [2.75, 3.05) is 0 Å². The molecule has 0 amide bonds. The molecule has 1 rings (SSSR count). The van der Waals surface area contributed by atoms with Gasteiger partial charge < -0.3 is 10.2 Å². The minimum Gasteiger partial charge on any atom is -0.481 e. The molecule has 0 saturated carbocycles. The Bertz CT molecular complexity index is 348. The van der Waals surface area contributed by atoms with Gasteiger partial charge in [0.05, 0.1) is 5.60 Å². The highest BCUT2D eigenvalue weighted by Crippen LogP contribution is 2.37. The molecule has 0 aromatic rings. The summed E-state index contributed by atoms with van der Waals surface area (Å²) >= 11 is 0. The van der Waals surface area contributed by atoms with E-state index in [9.17, 15) is 9.90 Å². The Morgan fingerprint density at radius 1 is 1.56 bits per heavy atom. The Morgan fingerprint density at radius 2 is 2.12 bits per heavy atom. The first-order valence-corrected chi connectivity index (χ1v) is 5.57. The van der Waals surface area contributed by atoms with Crippen LogP contribution in [0.1, 0.15) is 34.1 Å². The summed E-state index contributed by atoms with van der Waals surface area (Å²) in [6.45, 7) is 7.73. The molecule has 0 aromatic heterocycles. The van der Waals surface area contributed by atoms with Crippen molar-refractivity contribution in [1.82, 2.24) is 0 Å². The van der Waals surface area contributed by atoms with Crippen LogP contribution < -0.4 is 0 Å². The first-order valence-electron chi connectivity index (χ1n) is 5.57. The largest absolute Gasteiger partial charge is 0.481 e. The van der Waals surface area contributed by atoms with Crippen molar-refractivity contribution in [3.05, 3.63) is 23.8 Å². The number of allylic oxidation sites excluding steroid dienone is 2. The predicted molar refractivity (Wildman–Crippen MR) is 63.0 cm³/mol. The first kappa shape index (κ1) is 13.0. The predicted octanol–water partition coefficient (Wildman–Crippen LogP) is 2.37. The molecule has 3 heteroatoms. The molecule has 1 aliphatic rings. The summed E-state index contributed by atoms with van der Waals surface area (Å²) in [7, 11) is 0. The van der Waals surface area contributed by atoms with E-state index < -0.39 is 17.5 Å². The summed E-state index contributed by atoms with van der Waals surface area (Å²) in [5, 5.41) is 19.0. The van der Waals surface area contributed by atoms with Crippen LogP contribution in [0.2, 0.25) is 0 Å². The SMILES string of the molecule is CCC(C)(C)C1=CC(C(=O)O)C(C)(O)C=C1. The van der Waals surface area contributed by atoms with Crippen LogP contribution in [-0.2, 0) is 4.79 Å². The minimum absolute atomic E-state index is 0.0549. The number of carbonyl (C=O) groups is 1. The van der Waals surface area contributed by atoms with Gasteiger partial charge in [-0.3, -0.25) is 4.79 Å². The van der Waals surface area contributed by atoms with Crippen molar-refractivity contribution in [3.63, 3.8) is 0 Å².